The molecule has 0 aromatic heterocycles. The van der Waals surface area contributed by atoms with Gasteiger partial charge in [-0.2, -0.15) is 0 Å². The molecule has 0 amide bonds. The van der Waals surface area contributed by atoms with E-state index in [9.17, 15) is 4.79 Å². The fourth-order valence-corrected chi connectivity index (χ4v) is 2.76. The van der Waals surface area contributed by atoms with Gasteiger partial charge in [0.15, 0.2) is 0 Å². The highest BCUT2D eigenvalue weighted by atomic mass is 16.4. The maximum Gasteiger partial charge on any atom is 0.317 e. The maximum atomic E-state index is 10.9. The van der Waals surface area contributed by atoms with Crippen molar-refractivity contribution in [3.05, 3.63) is 0 Å². The van der Waals surface area contributed by atoms with Gasteiger partial charge in [-0.25, -0.2) is 0 Å². The maximum absolute atomic E-state index is 10.9. The number of rotatable bonds is 4. The lowest BCUT2D eigenvalue weighted by Gasteiger charge is -2.39. The van der Waals surface area contributed by atoms with Crippen LogP contribution in [0.25, 0.3) is 0 Å². The Balaban J connectivity index is 2.67. The van der Waals surface area contributed by atoms with Crippen molar-refractivity contribution in [1.82, 2.24) is 4.90 Å². The minimum absolute atomic E-state index is 0.0499. The number of carboxylic acid groups (broad SMARTS) is 1. The van der Waals surface area contributed by atoms with E-state index in [-0.39, 0.29) is 12.1 Å². The van der Waals surface area contributed by atoms with Gasteiger partial charge in [-0.15, -0.1) is 0 Å². The Morgan fingerprint density at radius 3 is 2.38 bits per heavy atom. The minimum atomic E-state index is -0.713. The first-order valence-corrected chi connectivity index (χ1v) is 6.33. The predicted octanol–water partition coefficient (Wildman–Crippen LogP) is 2.75. The summed E-state index contributed by atoms with van der Waals surface area (Å²) in [5.41, 5.74) is -0.0499. The standard InChI is InChI=1S/C13H25NO2/c1-5-10-6-7-11(8-10)14(9-12(15)16)13(2,3)4/h10-11H,5-9H2,1-4H3,(H,15,16). The van der Waals surface area contributed by atoms with Gasteiger partial charge >= 0.3 is 5.97 Å². The average molecular weight is 227 g/mol. The molecule has 0 bridgehead atoms. The van der Waals surface area contributed by atoms with Gasteiger partial charge in [0.2, 0.25) is 0 Å². The number of carboxylic acids is 1. The van der Waals surface area contributed by atoms with Crippen LogP contribution in [0.5, 0.6) is 0 Å². The molecular formula is C13H25NO2. The Morgan fingerprint density at radius 2 is 2.00 bits per heavy atom. The molecule has 0 heterocycles. The minimum Gasteiger partial charge on any atom is -0.480 e. The molecule has 16 heavy (non-hydrogen) atoms. The molecule has 1 fully saturated rings. The van der Waals surface area contributed by atoms with Crippen molar-refractivity contribution in [2.45, 2.75) is 65.0 Å². The van der Waals surface area contributed by atoms with Gasteiger partial charge in [0.25, 0.3) is 0 Å². The summed E-state index contributed by atoms with van der Waals surface area (Å²) in [5, 5.41) is 8.99. The normalized spacial score (nSPS) is 26.3. The average Bonchev–Trinajstić information content (AvgIpc) is 2.60. The second-order valence-electron chi connectivity index (χ2n) is 5.93. The van der Waals surface area contributed by atoms with Gasteiger partial charge in [0.05, 0.1) is 6.54 Å². The summed E-state index contributed by atoms with van der Waals surface area (Å²) in [6.45, 7) is 8.72. The predicted molar refractivity (Wildman–Crippen MR) is 65.5 cm³/mol. The van der Waals surface area contributed by atoms with E-state index in [4.69, 9.17) is 5.11 Å². The van der Waals surface area contributed by atoms with E-state index in [1.807, 2.05) is 0 Å². The number of hydrogen-bond donors (Lipinski definition) is 1. The monoisotopic (exact) mass is 227 g/mol. The molecule has 2 atom stereocenters. The van der Waals surface area contributed by atoms with Crippen LogP contribution in [0, 0.1) is 5.92 Å². The van der Waals surface area contributed by atoms with Crippen LogP contribution < -0.4 is 0 Å². The van der Waals surface area contributed by atoms with Gasteiger partial charge in [-0.1, -0.05) is 13.3 Å². The quantitative estimate of drug-likeness (QED) is 0.803. The number of hydrogen-bond acceptors (Lipinski definition) is 2. The summed E-state index contributed by atoms with van der Waals surface area (Å²) in [6.07, 6.45) is 4.80. The molecule has 3 nitrogen and oxygen atoms in total. The zero-order valence-corrected chi connectivity index (χ0v) is 11.0. The summed E-state index contributed by atoms with van der Waals surface area (Å²) >= 11 is 0. The third-order valence-corrected chi connectivity index (χ3v) is 3.70. The first-order valence-electron chi connectivity index (χ1n) is 6.33. The lowest BCUT2D eigenvalue weighted by Crippen LogP contribution is -2.49. The molecule has 0 saturated heterocycles. The topological polar surface area (TPSA) is 40.5 Å². The largest absolute Gasteiger partial charge is 0.480 e. The van der Waals surface area contributed by atoms with E-state index in [0.29, 0.717) is 6.04 Å². The lowest BCUT2D eigenvalue weighted by atomic mass is 10.00. The highest BCUT2D eigenvalue weighted by molar-refractivity contribution is 5.69. The van der Waals surface area contributed by atoms with Crippen molar-refractivity contribution in [1.29, 1.82) is 0 Å². The first-order chi connectivity index (χ1) is 7.34. The summed E-state index contributed by atoms with van der Waals surface area (Å²) in [6, 6.07) is 0.459. The molecule has 1 aliphatic carbocycles. The highest BCUT2D eigenvalue weighted by Crippen LogP contribution is 2.34. The Hall–Kier alpha value is -0.570. The van der Waals surface area contributed by atoms with Crippen LogP contribution in [0.15, 0.2) is 0 Å². The molecule has 1 aliphatic rings. The summed E-state index contributed by atoms with van der Waals surface area (Å²) in [7, 11) is 0. The third-order valence-electron chi connectivity index (χ3n) is 3.70. The molecule has 0 aromatic carbocycles. The Kier molecular flexibility index (Phi) is 4.36. The van der Waals surface area contributed by atoms with Crippen LogP contribution in [-0.4, -0.2) is 34.1 Å². The van der Waals surface area contributed by atoms with Crippen molar-refractivity contribution in [2.24, 2.45) is 5.92 Å². The molecule has 3 heteroatoms. The first kappa shape index (κ1) is 13.5. The molecule has 0 aromatic rings. The van der Waals surface area contributed by atoms with Gasteiger partial charge in [-0.3, -0.25) is 9.69 Å². The molecule has 1 rings (SSSR count). The zero-order chi connectivity index (χ0) is 12.3. The van der Waals surface area contributed by atoms with E-state index < -0.39 is 5.97 Å². The van der Waals surface area contributed by atoms with Gasteiger partial charge in [0, 0.05) is 11.6 Å². The van der Waals surface area contributed by atoms with Crippen molar-refractivity contribution in [2.75, 3.05) is 6.54 Å². The van der Waals surface area contributed by atoms with Crippen LogP contribution in [0.1, 0.15) is 53.4 Å². The summed E-state index contributed by atoms with van der Waals surface area (Å²) in [4.78, 5) is 13.1. The number of aliphatic carboxylic acids is 1. The van der Waals surface area contributed by atoms with Crippen molar-refractivity contribution in [3.8, 4) is 0 Å². The fourth-order valence-electron chi connectivity index (χ4n) is 2.76. The number of nitrogens with zero attached hydrogens (tertiary/aromatic N) is 1. The molecular weight excluding hydrogens is 202 g/mol. The molecule has 0 spiro atoms. The van der Waals surface area contributed by atoms with E-state index in [0.717, 1.165) is 12.3 Å². The Bertz CT molecular complexity index is 245. The Morgan fingerprint density at radius 1 is 1.38 bits per heavy atom. The second kappa shape index (κ2) is 5.17. The van der Waals surface area contributed by atoms with E-state index in [2.05, 4.69) is 32.6 Å². The van der Waals surface area contributed by atoms with Crippen molar-refractivity contribution >= 4 is 5.97 Å². The van der Waals surface area contributed by atoms with Crippen molar-refractivity contribution < 1.29 is 9.90 Å². The van der Waals surface area contributed by atoms with Crippen LogP contribution in [0.3, 0.4) is 0 Å². The van der Waals surface area contributed by atoms with Crippen LogP contribution >= 0.6 is 0 Å². The molecule has 1 saturated carbocycles. The van der Waals surface area contributed by atoms with E-state index >= 15 is 0 Å². The van der Waals surface area contributed by atoms with Crippen LogP contribution in [0.2, 0.25) is 0 Å². The Labute approximate surface area is 98.8 Å². The highest BCUT2D eigenvalue weighted by Gasteiger charge is 2.35. The van der Waals surface area contributed by atoms with Crippen molar-refractivity contribution in [3.63, 3.8) is 0 Å². The molecule has 0 aliphatic heterocycles. The van der Waals surface area contributed by atoms with E-state index in [1.54, 1.807) is 0 Å². The second-order valence-corrected chi connectivity index (χ2v) is 5.93. The third kappa shape index (κ3) is 3.48. The van der Waals surface area contributed by atoms with Gasteiger partial charge < -0.3 is 5.11 Å². The smallest absolute Gasteiger partial charge is 0.317 e. The molecule has 2 unspecified atom stereocenters. The molecule has 94 valence electrons. The van der Waals surface area contributed by atoms with Crippen LogP contribution in [-0.2, 0) is 4.79 Å². The van der Waals surface area contributed by atoms with Crippen LogP contribution in [0.4, 0.5) is 0 Å². The summed E-state index contributed by atoms with van der Waals surface area (Å²) in [5.74, 6) is 0.0820. The molecule has 0 radical (unpaired) electrons. The van der Waals surface area contributed by atoms with Gasteiger partial charge in [0.1, 0.15) is 0 Å². The van der Waals surface area contributed by atoms with E-state index in [1.165, 1.54) is 19.3 Å². The SMILES string of the molecule is CCC1CCC(N(CC(=O)O)C(C)(C)C)C1. The van der Waals surface area contributed by atoms with Gasteiger partial charge in [-0.05, 0) is 46.0 Å². The fraction of sp³-hybridized carbons (Fsp3) is 0.923. The number of carbonyl (C=O) groups is 1. The molecule has 1 N–H and O–H groups in total. The zero-order valence-electron chi connectivity index (χ0n) is 11.0. The summed E-state index contributed by atoms with van der Waals surface area (Å²) < 4.78 is 0. The lowest BCUT2D eigenvalue weighted by molar-refractivity contribution is -0.140.